The van der Waals surface area contributed by atoms with Gasteiger partial charge >= 0.3 is 0 Å². The number of fused-ring (bicyclic) bond motifs is 1. The highest BCUT2D eigenvalue weighted by atomic mass is 16.7. The van der Waals surface area contributed by atoms with Gasteiger partial charge < -0.3 is 28.8 Å². The van der Waals surface area contributed by atoms with E-state index in [0.717, 1.165) is 5.56 Å². The van der Waals surface area contributed by atoms with Crippen LogP contribution in [0, 0.1) is 0 Å². The van der Waals surface area contributed by atoms with Gasteiger partial charge in [-0.15, -0.1) is 0 Å². The molecule has 0 radical (unpaired) electrons. The Bertz CT molecular complexity index is 730. The van der Waals surface area contributed by atoms with Crippen molar-refractivity contribution in [2.75, 3.05) is 27.1 Å². The van der Waals surface area contributed by atoms with Crippen LogP contribution in [-0.4, -0.2) is 44.2 Å². The smallest absolute Gasteiger partial charge is 0.246 e. The molecule has 2 heterocycles. The monoisotopic (exact) mass is 348 g/mol. The molecule has 0 fully saturated rings. The summed E-state index contributed by atoms with van der Waals surface area (Å²) in [4.78, 5) is 11.7. The number of ether oxygens (including phenoxy) is 4. The van der Waals surface area contributed by atoms with E-state index in [1.54, 1.807) is 13.2 Å². The Hall–Kier alpha value is -2.58. The van der Waals surface area contributed by atoms with Gasteiger partial charge in [0.1, 0.15) is 12.3 Å². The molecule has 0 bridgehead atoms. The average Bonchev–Trinajstić information content (AvgIpc) is 3.23. The number of hydrogen-bond donors (Lipinski definition) is 1. The van der Waals surface area contributed by atoms with E-state index in [1.807, 2.05) is 25.1 Å². The fraction of sp³-hybridized carbons (Fsp3) is 0.412. The Kier molecular flexibility index (Phi) is 5.52. The van der Waals surface area contributed by atoms with Gasteiger partial charge in [0.15, 0.2) is 17.3 Å². The number of rotatable bonds is 8. The molecule has 1 aliphatic heterocycles. The van der Waals surface area contributed by atoms with E-state index >= 15 is 0 Å². The highest BCUT2D eigenvalue weighted by Gasteiger charge is 2.16. The lowest BCUT2D eigenvalue weighted by Crippen LogP contribution is -2.37. The summed E-state index contributed by atoms with van der Waals surface area (Å²) in [6.07, 6.45) is 0. The van der Waals surface area contributed by atoms with Crippen LogP contribution in [-0.2, 0) is 20.9 Å². The van der Waals surface area contributed by atoms with Gasteiger partial charge in [-0.3, -0.25) is 4.79 Å². The lowest BCUT2D eigenvalue weighted by atomic mass is 10.1. The number of carbonyl (C=O) groups is 1. The molecule has 1 aromatic carbocycles. The van der Waals surface area contributed by atoms with E-state index in [-0.39, 0.29) is 32.0 Å². The molecule has 1 N–H and O–H groups in total. The molecule has 0 saturated heterocycles. The molecule has 1 aromatic heterocycles. The molecule has 0 spiro atoms. The number of nitrogens with zero attached hydrogens (tertiary/aromatic N) is 1. The van der Waals surface area contributed by atoms with Gasteiger partial charge in [-0.1, -0.05) is 5.16 Å². The predicted octanol–water partition coefficient (Wildman–Crippen LogP) is 1.74. The van der Waals surface area contributed by atoms with Crippen LogP contribution in [0.4, 0.5) is 0 Å². The van der Waals surface area contributed by atoms with E-state index in [1.165, 1.54) is 0 Å². The van der Waals surface area contributed by atoms with Crippen LogP contribution in [0.25, 0.3) is 11.3 Å². The predicted molar refractivity (Wildman–Crippen MR) is 87.2 cm³/mol. The first kappa shape index (κ1) is 17.2. The van der Waals surface area contributed by atoms with Crippen molar-refractivity contribution in [3.8, 4) is 22.8 Å². The zero-order chi connectivity index (χ0) is 17.6. The molecular formula is C17H20N2O6. The third-order valence-corrected chi connectivity index (χ3v) is 3.52. The molecule has 2 aromatic rings. The minimum atomic E-state index is -0.205. The maximum atomic E-state index is 11.7. The second-order valence-corrected chi connectivity index (χ2v) is 5.67. The molecule has 0 aliphatic carbocycles. The fourth-order valence-corrected chi connectivity index (χ4v) is 2.42. The van der Waals surface area contributed by atoms with Crippen molar-refractivity contribution < 1.29 is 28.3 Å². The van der Waals surface area contributed by atoms with Crippen LogP contribution in [0.2, 0.25) is 0 Å². The van der Waals surface area contributed by atoms with Gasteiger partial charge in [0.2, 0.25) is 12.7 Å². The largest absolute Gasteiger partial charge is 0.454 e. The second kappa shape index (κ2) is 8.00. The summed E-state index contributed by atoms with van der Waals surface area (Å²) in [5.41, 5.74) is 1.43. The molecule has 8 nitrogen and oxygen atoms in total. The summed E-state index contributed by atoms with van der Waals surface area (Å²) in [7, 11) is 1.58. The molecule has 1 aliphatic rings. The van der Waals surface area contributed by atoms with Crippen LogP contribution in [0.15, 0.2) is 28.8 Å². The van der Waals surface area contributed by atoms with E-state index in [0.29, 0.717) is 29.6 Å². The van der Waals surface area contributed by atoms with Gasteiger partial charge in [-0.2, -0.15) is 0 Å². The fourth-order valence-electron chi connectivity index (χ4n) is 2.42. The second-order valence-electron chi connectivity index (χ2n) is 5.67. The van der Waals surface area contributed by atoms with E-state index in [9.17, 15) is 4.79 Å². The third-order valence-electron chi connectivity index (χ3n) is 3.52. The Morgan fingerprint density at radius 2 is 2.16 bits per heavy atom. The minimum absolute atomic E-state index is 0.0553. The van der Waals surface area contributed by atoms with Gasteiger partial charge in [0, 0.05) is 24.8 Å². The maximum absolute atomic E-state index is 11.7. The summed E-state index contributed by atoms with van der Waals surface area (Å²) in [5.74, 6) is 1.77. The summed E-state index contributed by atoms with van der Waals surface area (Å²) >= 11 is 0. The topological polar surface area (TPSA) is 92.1 Å². The van der Waals surface area contributed by atoms with Crippen LogP contribution in [0.5, 0.6) is 11.5 Å². The van der Waals surface area contributed by atoms with Crippen molar-refractivity contribution in [1.82, 2.24) is 10.5 Å². The normalized spacial score (nSPS) is 13.7. The molecule has 0 saturated carbocycles. The van der Waals surface area contributed by atoms with E-state index < -0.39 is 0 Å². The number of hydrogen-bond acceptors (Lipinski definition) is 7. The summed E-state index contributed by atoms with van der Waals surface area (Å²) in [6, 6.07) is 7.22. The Morgan fingerprint density at radius 1 is 1.32 bits per heavy atom. The highest BCUT2D eigenvalue weighted by Crippen LogP contribution is 2.36. The first-order chi connectivity index (χ1) is 12.2. The number of aromatic nitrogens is 1. The molecule has 1 atom stereocenters. The van der Waals surface area contributed by atoms with Gasteiger partial charge in [0.05, 0.1) is 13.2 Å². The zero-order valence-corrected chi connectivity index (χ0v) is 14.1. The van der Waals surface area contributed by atoms with Crippen LogP contribution in [0.1, 0.15) is 12.6 Å². The number of benzene rings is 1. The van der Waals surface area contributed by atoms with E-state index in [2.05, 4.69) is 10.5 Å². The van der Waals surface area contributed by atoms with Crippen molar-refractivity contribution in [3.63, 3.8) is 0 Å². The molecule has 134 valence electrons. The van der Waals surface area contributed by atoms with Crippen LogP contribution >= 0.6 is 0 Å². The highest BCUT2D eigenvalue weighted by molar-refractivity contribution is 5.77. The Balaban J connectivity index is 1.50. The molecular weight excluding hydrogens is 328 g/mol. The first-order valence-corrected chi connectivity index (χ1v) is 7.87. The summed E-state index contributed by atoms with van der Waals surface area (Å²) < 4.78 is 26.3. The molecule has 1 amide bonds. The van der Waals surface area contributed by atoms with Crippen molar-refractivity contribution >= 4 is 5.91 Å². The van der Waals surface area contributed by atoms with Gasteiger partial charge in [-0.05, 0) is 25.1 Å². The quantitative estimate of drug-likeness (QED) is 0.777. The number of carbonyl (C=O) groups excluding carboxylic acids is 1. The summed E-state index contributed by atoms with van der Waals surface area (Å²) in [6.45, 7) is 2.66. The van der Waals surface area contributed by atoms with Crippen LogP contribution in [0.3, 0.4) is 0 Å². The molecule has 0 unspecified atom stereocenters. The first-order valence-electron chi connectivity index (χ1n) is 7.87. The van der Waals surface area contributed by atoms with Crippen molar-refractivity contribution in [2.24, 2.45) is 0 Å². The minimum Gasteiger partial charge on any atom is -0.454 e. The Labute approximate surface area is 145 Å². The average molecular weight is 348 g/mol. The van der Waals surface area contributed by atoms with Crippen molar-refractivity contribution in [2.45, 2.75) is 19.6 Å². The number of amides is 1. The van der Waals surface area contributed by atoms with Crippen molar-refractivity contribution in [1.29, 1.82) is 0 Å². The molecule has 8 heteroatoms. The summed E-state index contributed by atoms with van der Waals surface area (Å²) in [5, 5.41) is 6.71. The third kappa shape index (κ3) is 4.49. The molecule has 3 rings (SSSR count). The van der Waals surface area contributed by atoms with E-state index in [4.69, 9.17) is 23.5 Å². The van der Waals surface area contributed by atoms with Crippen LogP contribution < -0.4 is 14.8 Å². The lowest BCUT2D eigenvalue weighted by Gasteiger charge is -2.12. The number of nitrogens with one attached hydrogen (secondary N) is 1. The maximum Gasteiger partial charge on any atom is 0.246 e. The van der Waals surface area contributed by atoms with Gasteiger partial charge in [0.25, 0.3) is 0 Å². The lowest BCUT2D eigenvalue weighted by molar-refractivity contribution is -0.127. The SMILES string of the molecule is COC[C@@H](C)NC(=O)COCc1cc(-c2ccc3c(c2)OCO3)on1. The number of methoxy groups -OCH3 is 1. The molecule has 25 heavy (non-hydrogen) atoms. The standard InChI is InChI=1S/C17H20N2O6/c1-11(7-21-2)18-17(20)9-22-8-13-6-15(25-19-13)12-3-4-14-16(5-12)24-10-23-14/h3-6,11H,7-10H2,1-2H3,(H,18,20)/t11-/m1/s1. The van der Waals surface area contributed by atoms with Crippen molar-refractivity contribution in [3.05, 3.63) is 30.0 Å². The zero-order valence-electron chi connectivity index (χ0n) is 14.1. The Morgan fingerprint density at radius 3 is 3.00 bits per heavy atom. The van der Waals surface area contributed by atoms with Gasteiger partial charge in [-0.25, -0.2) is 0 Å².